The summed E-state index contributed by atoms with van der Waals surface area (Å²) < 4.78 is 6.16. The van der Waals surface area contributed by atoms with Gasteiger partial charge in [0.25, 0.3) is 0 Å². The van der Waals surface area contributed by atoms with Crippen molar-refractivity contribution in [3.05, 3.63) is 77.9 Å². The number of fused-ring (bicyclic) bond motifs is 1. The minimum absolute atomic E-state index is 0.0257. The lowest BCUT2D eigenvalue weighted by Crippen LogP contribution is -2.29. The second kappa shape index (κ2) is 6.33. The van der Waals surface area contributed by atoms with Gasteiger partial charge in [-0.2, -0.15) is 0 Å². The number of Topliss-reactive ketones (excluding diaryl/α,β-unsaturated/α-hetero) is 1. The highest BCUT2D eigenvalue weighted by Gasteiger charge is 2.43. The fraction of sp³-hybridized carbons (Fsp3) is 0.174. The minimum Gasteiger partial charge on any atom is -0.478 e. The van der Waals surface area contributed by atoms with Gasteiger partial charge in [0.15, 0.2) is 5.60 Å². The van der Waals surface area contributed by atoms with Crippen molar-refractivity contribution in [1.29, 1.82) is 0 Å². The van der Waals surface area contributed by atoms with Crippen LogP contribution in [0.15, 0.2) is 71.6 Å². The lowest BCUT2D eigenvalue weighted by atomic mass is 9.90. The predicted octanol–water partition coefficient (Wildman–Crippen LogP) is 5.81. The molecular formula is C23H20O2S. The van der Waals surface area contributed by atoms with Crippen molar-refractivity contribution in [3.63, 3.8) is 0 Å². The van der Waals surface area contributed by atoms with Crippen molar-refractivity contribution >= 4 is 39.6 Å². The van der Waals surface area contributed by atoms with Gasteiger partial charge in [-0.1, -0.05) is 54.6 Å². The van der Waals surface area contributed by atoms with Crippen molar-refractivity contribution in [1.82, 2.24) is 0 Å². The maximum Gasteiger partial charge on any atom is 0.210 e. The summed E-state index contributed by atoms with van der Waals surface area (Å²) in [6, 6.07) is 22.4. The Bertz CT molecular complexity index is 1020. The van der Waals surface area contributed by atoms with Crippen LogP contribution in [0.3, 0.4) is 0 Å². The van der Waals surface area contributed by atoms with Crippen molar-refractivity contribution in [2.75, 3.05) is 6.26 Å². The first-order valence-electron chi connectivity index (χ1n) is 8.62. The zero-order valence-corrected chi connectivity index (χ0v) is 15.9. The van der Waals surface area contributed by atoms with Gasteiger partial charge in [0.2, 0.25) is 5.78 Å². The third kappa shape index (κ3) is 2.73. The van der Waals surface area contributed by atoms with Crippen molar-refractivity contribution in [2.24, 2.45) is 0 Å². The van der Waals surface area contributed by atoms with Crippen LogP contribution in [0.25, 0.3) is 22.1 Å². The van der Waals surface area contributed by atoms with Gasteiger partial charge in [0, 0.05) is 10.5 Å². The topological polar surface area (TPSA) is 26.3 Å². The van der Waals surface area contributed by atoms with Gasteiger partial charge in [0.05, 0.1) is 5.57 Å². The zero-order valence-electron chi connectivity index (χ0n) is 15.1. The SMILES string of the molecule is CSc1ccc(C2=C(c3cccc4ccccc34)C(=O)C(C)(C)O2)cc1. The lowest BCUT2D eigenvalue weighted by Gasteiger charge is -2.18. The van der Waals surface area contributed by atoms with E-state index in [1.807, 2.05) is 50.2 Å². The number of thioether (sulfide) groups is 1. The monoisotopic (exact) mass is 360 g/mol. The molecule has 130 valence electrons. The first-order chi connectivity index (χ1) is 12.5. The first kappa shape index (κ1) is 16.9. The Kier molecular flexibility index (Phi) is 4.12. The maximum atomic E-state index is 13.2. The van der Waals surface area contributed by atoms with E-state index >= 15 is 0 Å². The van der Waals surface area contributed by atoms with Gasteiger partial charge in [-0.3, -0.25) is 4.79 Å². The van der Waals surface area contributed by atoms with E-state index in [-0.39, 0.29) is 5.78 Å². The van der Waals surface area contributed by atoms with Gasteiger partial charge < -0.3 is 4.74 Å². The number of benzene rings is 3. The molecule has 1 aliphatic rings. The second-order valence-corrected chi connectivity index (χ2v) is 7.78. The summed E-state index contributed by atoms with van der Waals surface area (Å²) in [6.07, 6.45) is 2.05. The molecule has 0 fully saturated rings. The molecule has 0 aromatic heterocycles. The summed E-state index contributed by atoms with van der Waals surface area (Å²) in [5, 5.41) is 2.19. The summed E-state index contributed by atoms with van der Waals surface area (Å²) >= 11 is 1.70. The van der Waals surface area contributed by atoms with Crippen LogP contribution < -0.4 is 0 Å². The molecule has 0 atom stereocenters. The molecule has 0 spiro atoms. The molecular weight excluding hydrogens is 340 g/mol. The number of carbonyl (C=O) groups excluding carboxylic acids is 1. The normalized spacial score (nSPS) is 16.2. The molecule has 0 radical (unpaired) electrons. The molecule has 0 unspecified atom stereocenters. The fourth-order valence-electron chi connectivity index (χ4n) is 3.39. The van der Waals surface area contributed by atoms with Crippen LogP contribution in [0.2, 0.25) is 0 Å². The molecule has 3 aromatic rings. The standard InChI is InChI=1S/C23H20O2S/c1-23(2)22(24)20(19-10-6-8-15-7-4-5-9-18(15)19)21(25-23)16-11-13-17(26-3)14-12-16/h4-14H,1-3H3. The van der Waals surface area contributed by atoms with Crippen LogP contribution in [0, 0.1) is 0 Å². The fourth-order valence-corrected chi connectivity index (χ4v) is 3.80. The highest BCUT2D eigenvalue weighted by atomic mass is 32.2. The Morgan fingerprint density at radius 3 is 2.31 bits per heavy atom. The Hall–Kier alpha value is -2.52. The third-order valence-electron chi connectivity index (χ3n) is 4.77. The molecule has 0 saturated heterocycles. The average molecular weight is 360 g/mol. The Morgan fingerprint density at radius 1 is 0.885 bits per heavy atom. The van der Waals surface area contributed by atoms with Gasteiger partial charge >= 0.3 is 0 Å². The van der Waals surface area contributed by atoms with Crippen LogP contribution in [0.1, 0.15) is 25.0 Å². The highest BCUT2D eigenvalue weighted by molar-refractivity contribution is 7.98. The summed E-state index contributed by atoms with van der Waals surface area (Å²) in [6.45, 7) is 3.67. The minimum atomic E-state index is -0.861. The molecule has 0 N–H and O–H groups in total. The zero-order chi connectivity index (χ0) is 18.3. The lowest BCUT2D eigenvalue weighted by molar-refractivity contribution is -0.125. The number of hydrogen-bond acceptors (Lipinski definition) is 3. The number of rotatable bonds is 3. The van der Waals surface area contributed by atoms with E-state index in [4.69, 9.17) is 4.74 Å². The number of ether oxygens (including phenoxy) is 1. The first-order valence-corrected chi connectivity index (χ1v) is 9.84. The van der Waals surface area contributed by atoms with E-state index in [1.165, 1.54) is 4.90 Å². The molecule has 0 aliphatic carbocycles. The van der Waals surface area contributed by atoms with Crippen molar-refractivity contribution < 1.29 is 9.53 Å². The maximum absolute atomic E-state index is 13.2. The molecule has 1 aliphatic heterocycles. The largest absolute Gasteiger partial charge is 0.478 e. The summed E-state index contributed by atoms with van der Waals surface area (Å²) in [7, 11) is 0. The Balaban J connectivity index is 1.97. The van der Waals surface area contributed by atoms with Gasteiger partial charge in [-0.25, -0.2) is 0 Å². The van der Waals surface area contributed by atoms with Crippen LogP contribution >= 0.6 is 11.8 Å². The molecule has 26 heavy (non-hydrogen) atoms. The molecule has 1 heterocycles. The smallest absolute Gasteiger partial charge is 0.210 e. The number of carbonyl (C=O) groups is 1. The summed E-state index contributed by atoms with van der Waals surface area (Å²) in [5.41, 5.74) is 1.68. The Morgan fingerprint density at radius 2 is 1.58 bits per heavy atom. The molecule has 3 heteroatoms. The third-order valence-corrected chi connectivity index (χ3v) is 5.51. The van der Waals surface area contributed by atoms with E-state index in [1.54, 1.807) is 11.8 Å². The molecule has 4 rings (SSSR count). The van der Waals surface area contributed by atoms with E-state index in [0.717, 1.165) is 21.9 Å². The van der Waals surface area contributed by atoms with E-state index in [0.29, 0.717) is 11.3 Å². The van der Waals surface area contributed by atoms with Gasteiger partial charge in [0.1, 0.15) is 5.76 Å². The summed E-state index contributed by atoms with van der Waals surface area (Å²) in [4.78, 5) is 14.4. The van der Waals surface area contributed by atoms with Crippen LogP contribution in [0.4, 0.5) is 0 Å². The predicted molar refractivity (Wildman–Crippen MR) is 109 cm³/mol. The molecule has 0 amide bonds. The highest BCUT2D eigenvalue weighted by Crippen LogP contribution is 2.43. The van der Waals surface area contributed by atoms with Crippen LogP contribution in [0.5, 0.6) is 0 Å². The Labute approximate surface area is 157 Å². The average Bonchev–Trinajstić information content (AvgIpc) is 2.91. The van der Waals surface area contributed by atoms with E-state index in [2.05, 4.69) is 36.6 Å². The van der Waals surface area contributed by atoms with Gasteiger partial charge in [-0.05, 0) is 48.6 Å². The van der Waals surface area contributed by atoms with E-state index < -0.39 is 5.60 Å². The summed E-state index contributed by atoms with van der Waals surface area (Å²) in [5.74, 6) is 0.696. The number of ketones is 1. The molecule has 3 aromatic carbocycles. The van der Waals surface area contributed by atoms with Crippen LogP contribution in [-0.2, 0) is 9.53 Å². The molecule has 0 bridgehead atoms. The second-order valence-electron chi connectivity index (χ2n) is 6.90. The van der Waals surface area contributed by atoms with Crippen molar-refractivity contribution in [2.45, 2.75) is 24.3 Å². The van der Waals surface area contributed by atoms with Gasteiger partial charge in [-0.15, -0.1) is 11.8 Å². The van der Waals surface area contributed by atoms with E-state index in [9.17, 15) is 4.79 Å². The molecule has 0 saturated carbocycles. The van der Waals surface area contributed by atoms with Crippen molar-refractivity contribution in [3.8, 4) is 0 Å². The van der Waals surface area contributed by atoms with Crippen LogP contribution in [-0.4, -0.2) is 17.6 Å². The quantitative estimate of drug-likeness (QED) is 0.552. The molecule has 2 nitrogen and oxygen atoms in total. The number of hydrogen-bond donors (Lipinski definition) is 0.